The molecule has 1 atom stereocenters. The van der Waals surface area contributed by atoms with Crippen molar-refractivity contribution in [1.82, 2.24) is 9.97 Å². The predicted octanol–water partition coefficient (Wildman–Crippen LogP) is 2.99. The van der Waals surface area contributed by atoms with Crippen molar-refractivity contribution >= 4 is 22.6 Å². The second kappa shape index (κ2) is 5.89. The molecule has 0 aliphatic rings. The van der Waals surface area contributed by atoms with Crippen LogP contribution in [0.3, 0.4) is 0 Å². The van der Waals surface area contributed by atoms with Gasteiger partial charge in [0, 0.05) is 5.69 Å². The third-order valence-electron chi connectivity index (χ3n) is 3.71. The zero-order chi connectivity index (χ0) is 15.5. The fourth-order valence-electron chi connectivity index (χ4n) is 2.60. The number of H-pyrrole nitrogens is 2. The summed E-state index contributed by atoms with van der Waals surface area (Å²) in [6.07, 6.45) is 0.721. The number of benzene rings is 2. The lowest BCUT2D eigenvalue weighted by Crippen LogP contribution is -2.20. The van der Waals surface area contributed by atoms with Crippen LogP contribution in [0.4, 0.5) is 5.69 Å². The Bertz CT molecular complexity index is 849. The van der Waals surface area contributed by atoms with Gasteiger partial charge >= 0.3 is 5.69 Å². The van der Waals surface area contributed by atoms with Crippen LogP contribution in [-0.2, 0) is 4.79 Å². The van der Waals surface area contributed by atoms with Gasteiger partial charge < -0.3 is 15.3 Å². The van der Waals surface area contributed by atoms with Crippen molar-refractivity contribution in [1.29, 1.82) is 0 Å². The summed E-state index contributed by atoms with van der Waals surface area (Å²) in [6, 6.07) is 15.0. The summed E-state index contributed by atoms with van der Waals surface area (Å²) < 4.78 is 0. The minimum absolute atomic E-state index is 0.0501. The number of hydrogen-bond donors (Lipinski definition) is 3. The van der Waals surface area contributed by atoms with E-state index >= 15 is 0 Å². The summed E-state index contributed by atoms with van der Waals surface area (Å²) in [5.74, 6) is -0.242. The van der Waals surface area contributed by atoms with Crippen LogP contribution < -0.4 is 11.0 Å². The molecule has 2 aromatic carbocycles. The quantitative estimate of drug-likeness (QED) is 0.692. The lowest BCUT2D eigenvalue weighted by molar-refractivity contribution is -0.117. The molecule has 0 saturated heterocycles. The molecular weight excluding hydrogens is 278 g/mol. The van der Waals surface area contributed by atoms with Gasteiger partial charge in [-0.15, -0.1) is 0 Å². The van der Waals surface area contributed by atoms with E-state index in [0.29, 0.717) is 11.2 Å². The highest BCUT2D eigenvalue weighted by atomic mass is 16.2. The molecule has 3 N–H and O–H groups in total. The number of aromatic nitrogens is 2. The van der Waals surface area contributed by atoms with Crippen LogP contribution in [-0.4, -0.2) is 15.9 Å². The van der Waals surface area contributed by atoms with Crippen molar-refractivity contribution in [3.63, 3.8) is 0 Å². The van der Waals surface area contributed by atoms with E-state index in [9.17, 15) is 9.59 Å². The molecule has 5 nitrogen and oxygen atoms in total. The van der Waals surface area contributed by atoms with Crippen LogP contribution >= 0.6 is 0 Å². The van der Waals surface area contributed by atoms with Crippen LogP contribution in [0.2, 0.25) is 0 Å². The average Bonchev–Trinajstić information content (AvgIpc) is 2.88. The Hall–Kier alpha value is -2.82. The van der Waals surface area contributed by atoms with Crippen molar-refractivity contribution in [3.8, 4) is 0 Å². The molecule has 0 fully saturated rings. The Morgan fingerprint density at radius 3 is 2.55 bits per heavy atom. The van der Waals surface area contributed by atoms with Gasteiger partial charge in [0.1, 0.15) is 0 Å². The van der Waals surface area contributed by atoms with Gasteiger partial charge in [0.25, 0.3) is 0 Å². The van der Waals surface area contributed by atoms with Crippen LogP contribution in [0.1, 0.15) is 24.8 Å². The van der Waals surface area contributed by atoms with E-state index in [1.54, 1.807) is 18.2 Å². The molecule has 0 bridgehead atoms. The van der Waals surface area contributed by atoms with Crippen LogP contribution in [0.5, 0.6) is 0 Å². The van der Waals surface area contributed by atoms with E-state index < -0.39 is 0 Å². The third kappa shape index (κ3) is 2.79. The van der Waals surface area contributed by atoms with Gasteiger partial charge in [-0.3, -0.25) is 4.79 Å². The van der Waals surface area contributed by atoms with Crippen molar-refractivity contribution in [2.75, 3.05) is 5.32 Å². The fourth-order valence-corrected chi connectivity index (χ4v) is 2.60. The zero-order valence-corrected chi connectivity index (χ0v) is 12.2. The summed E-state index contributed by atoms with van der Waals surface area (Å²) in [4.78, 5) is 29.1. The second-order valence-corrected chi connectivity index (χ2v) is 5.20. The largest absolute Gasteiger partial charge is 0.325 e. The van der Waals surface area contributed by atoms with E-state index in [1.165, 1.54) is 0 Å². The summed E-state index contributed by atoms with van der Waals surface area (Å²) in [5, 5.41) is 2.92. The first kappa shape index (κ1) is 14.1. The van der Waals surface area contributed by atoms with E-state index in [1.807, 2.05) is 37.3 Å². The normalized spacial score (nSPS) is 12.2. The second-order valence-electron chi connectivity index (χ2n) is 5.20. The maximum absolute atomic E-state index is 12.5. The number of carbonyl (C=O) groups excluding carboxylic acids is 1. The average molecular weight is 295 g/mol. The van der Waals surface area contributed by atoms with Crippen molar-refractivity contribution in [2.45, 2.75) is 19.3 Å². The number of hydrogen-bond acceptors (Lipinski definition) is 2. The number of aromatic amines is 2. The lowest BCUT2D eigenvalue weighted by atomic mass is 9.95. The molecule has 3 aromatic rings. The molecule has 0 aliphatic carbocycles. The Morgan fingerprint density at radius 2 is 1.82 bits per heavy atom. The molecule has 112 valence electrons. The Morgan fingerprint density at radius 1 is 1.09 bits per heavy atom. The lowest BCUT2D eigenvalue weighted by Gasteiger charge is -2.15. The molecule has 1 aromatic heterocycles. The van der Waals surface area contributed by atoms with Gasteiger partial charge in [-0.05, 0) is 30.2 Å². The number of fused-ring (bicyclic) bond motifs is 1. The number of imidazole rings is 1. The monoisotopic (exact) mass is 295 g/mol. The topological polar surface area (TPSA) is 77.8 Å². The number of anilines is 1. The zero-order valence-electron chi connectivity index (χ0n) is 12.2. The highest BCUT2D eigenvalue weighted by molar-refractivity contribution is 5.97. The molecule has 22 heavy (non-hydrogen) atoms. The summed E-state index contributed by atoms with van der Waals surface area (Å²) >= 11 is 0. The molecule has 0 saturated carbocycles. The van der Waals surface area contributed by atoms with Gasteiger partial charge in [0.05, 0.1) is 17.0 Å². The van der Waals surface area contributed by atoms with E-state index in [-0.39, 0.29) is 17.5 Å². The number of carbonyl (C=O) groups is 1. The molecule has 0 aliphatic heterocycles. The Balaban J connectivity index is 1.83. The SMILES string of the molecule is CCC(C(=O)Nc1ccc2[nH]c(=O)[nH]c2c1)c1ccccc1. The van der Waals surface area contributed by atoms with E-state index in [2.05, 4.69) is 15.3 Å². The van der Waals surface area contributed by atoms with Gasteiger partial charge in [0.15, 0.2) is 0 Å². The van der Waals surface area contributed by atoms with Crippen LogP contribution in [0.25, 0.3) is 11.0 Å². The fraction of sp³-hybridized carbons (Fsp3) is 0.176. The molecular formula is C17H17N3O2. The third-order valence-corrected chi connectivity index (χ3v) is 3.71. The first-order valence-electron chi connectivity index (χ1n) is 7.25. The maximum Gasteiger partial charge on any atom is 0.323 e. The molecule has 1 amide bonds. The summed E-state index contributed by atoms with van der Waals surface area (Å²) in [7, 11) is 0. The first-order chi connectivity index (χ1) is 10.7. The van der Waals surface area contributed by atoms with Gasteiger partial charge in [-0.2, -0.15) is 0 Å². The highest BCUT2D eigenvalue weighted by Crippen LogP contribution is 2.22. The van der Waals surface area contributed by atoms with Crippen LogP contribution in [0, 0.1) is 0 Å². The molecule has 0 radical (unpaired) electrons. The van der Waals surface area contributed by atoms with Crippen LogP contribution in [0.15, 0.2) is 53.3 Å². The standard InChI is InChI=1S/C17H17N3O2/c1-2-13(11-6-4-3-5-7-11)16(21)18-12-8-9-14-15(10-12)20-17(22)19-14/h3-10,13H,2H2,1H3,(H,18,21)(H2,19,20,22). The Labute approximate surface area is 127 Å². The van der Waals surface area contributed by atoms with Gasteiger partial charge in [-0.25, -0.2) is 4.79 Å². The van der Waals surface area contributed by atoms with Crippen molar-refractivity contribution in [3.05, 3.63) is 64.6 Å². The molecule has 1 heterocycles. The van der Waals surface area contributed by atoms with E-state index in [4.69, 9.17) is 0 Å². The smallest absolute Gasteiger partial charge is 0.323 e. The summed E-state index contributed by atoms with van der Waals surface area (Å²) in [5.41, 5.74) is 2.81. The predicted molar refractivity (Wildman–Crippen MR) is 87.0 cm³/mol. The minimum atomic E-state index is -0.255. The molecule has 5 heteroatoms. The molecule has 3 rings (SSSR count). The number of rotatable bonds is 4. The first-order valence-corrected chi connectivity index (χ1v) is 7.25. The number of amides is 1. The van der Waals surface area contributed by atoms with E-state index in [0.717, 1.165) is 17.5 Å². The Kier molecular flexibility index (Phi) is 3.78. The van der Waals surface area contributed by atoms with Gasteiger partial charge in [-0.1, -0.05) is 37.3 Å². The summed E-state index contributed by atoms with van der Waals surface area (Å²) in [6.45, 7) is 1.99. The van der Waals surface area contributed by atoms with Crippen molar-refractivity contribution < 1.29 is 4.79 Å². The molecule has 1 unspecified atom stereocenters. The minimum Gasteiger partial charge on any atom is -0.325 e. The van der Waals surface area contributed by atoms with Gasteiger partial charge in [0.2, 0.25) is 5.91 Å². The van der Waals surface area contributed by atoms with Crippen molar-refractivity contribution in [2.24, 2.45) is 0 Å². The maximum atomic E-state index is 12.5. The molecule has 0 spiro atoms. The number of nitrogens with one attached hydrogen (secondary N) is 3. The highest BCUT2D eigenvalue weighted by Gasteiger charge is 2.18.